The number of rotatable bonds is 5. The Morgan fingerprint density at radius 3 is 2.47 bits per heavy atom. The summed E-state index contributed by atoms with van der Waals surface area (Å²) in [7, 11) is 0. The average molecular weight is 458 g/mol. The Bertz CT molecular complexity index is 1190. The van der Waals surface area contributed by atoms with E-state index < -0.39 is 40.9 Å². The molecule has 164 valence electrons. The second-order valence-electron chi connectivity index (χ2n) is 7.37. The molecule has 1 N–H and O–H groups in total. The predicted octanol–water partition coefficient (Wildman–Crippen LogP) is 5.77. The summed E-state index contributed by atoms with van der Waals surface area (Å²) in [6.07, 6.45) is 0.748. The summed E-state index contributed by atoms with van der Waals surface area (Å²) < 4.78 is 35.3. The highest BCUT2D eigenvalue weighted by atomic mass is 35.5. The maximum absolute atomic E-state index is 14.8. The summed E-state index contributed by atoms with van der Waals surface area (Å²) >= 11 is 6.10. The molecule has 0 spiro atoms. The molecule has 4 rings (SSSR count). The topological polar surface area (TPSA) is 66.8 Å². The van der Waals surface area contributed by atoms with Gasteiger partial charge in [0.1, 0.15) is 17.6 Å². The minimum absolute atomic E-state index is 0.167. The first kappa shape index (κ1) is 21.8. The number of carboxylic acid groups (broad SMARTS) is 1. The number of likely N-dealkylation sites (tertiary alicyclic amines) is 1. The molecule has 3 aromatic carbocycles. The number of carboxylic acids is 1. The first-order valence-electron chi connectivity index (χ1n) is 9.91. The number of hydrogen-bond donors (Lipinski definition) is 1. The number of carbonyl (C=O) groups is 2. The molecule has 1 saturated heterocycles. The number of nitrogens with zero attached hydrogens (tertiary/aromatic N) is 1. The van der Waals surface area contributed by atoms with Crippen LogP contribution in [0.4, 0.5) is 8.78 Å². The van der Waals surface area contributed by atoms with Crippen molar-refractivity contribution in [3.05, 3.63) is 82.9 Å². The van der Waals surface area contributed by atoms with Crippen LogP contribution in [0.15, 0.2) is 60.7 Å². The van der Waals surface area contributed by atoms with Crippen LogP contribution >= 0.6 is 11.6 Å². The van der Waals surface area contributed by atoms with Gasteiger partial charge in [0.25, 0.3) is 5.91 Å². The largest absolute Gasteiger partial charge is 0.480 e. The van der Waals surface area contributed by atoms with Crippen molar-refractivity contribution in [2.45, 2.75) is 18.9 Å². The van der Waals surface area contributed by atoms with Crippen molar-refractivity contribution in [3.63, 3.8) is 0 Å². The zero-order valence-corrected chi connectivity index (χ0v) is 17.5. The van der Waals surface area contributed by atoms with Crippen LogP contribution in [0.5, 0.6) is 11.5 Å². The van der Waals surface area contributed by atoms with Gasteiger partial charge in [0, 0.05) is 23.2 Å². The van der Waals surface area contributed by atoms with Gasteiger partial charge >= 0.3 is 5.97 Å². The van der Waals surface area contributed by atoms with Gasteiger partial charge < -0.3 is 14.7 Å². The van der Waals surface area contributed by atoms with Crippen LogP contribution in [-0.2, 0) is 4.79 Å². The van der Waals surface area contributed by atoms with E-state index in [9.17, 15) is 23.5 Å². The van der Waals surface area contributed by atoms with E-state index in [0.717, 1.165) is 22.6 Å². The van der Waals surface area contributed by atoms with E-state index in [2.05, 4.69) is 0 Å². The summed E-state index contributed by atoms with van der Waals surface area (Å²) in [6, 6.07) is 14.4. The number of halogens is 3. The summed E-state index contributed by atoms with van der Waals surface area (Å²) in [4.78, 5) is 25.1. The van der Waals surface area contributed by atoms with Crippen LogP contribution in [0, 0.1) is 11.6 Å². The monoisotopic (exact) mass is 457 g/mol. The van der Waals surface area contributed by atoms with Gasteiger partial charge in [-0.3, -0.25) is 4.79 Å². The highest BCUT2D eigenvalue weighted by molar-refractivity contribution is 6.31. The van der Waals surface area contributed by atoms with Gasteiger partial charge in [-0.2, -0.15) is 0 Å². The van der Waals surface area contributed by atoms with E-state index >= 15 is 0 Å². The van der Waals surface area contributed by atoms with Gasteiger partial charge in [-0.15, -0.1) is 0 Å². The third-order valence-corrected chi connectivity index (χ3v) is 5.53. The predicted molar refractivity (Wildman–Crippen MR) is 115 cm³/mol. The number of ether oxygens (including phenoxy) is 1. The first-order chi connectivity index (χ1) is 15.3. The van der Waals surface area contributed by atoms with Crippen molar-refractivity contribution in [1.29, 1.82) is 0 Å². The second-order valence-corrected chi connectivity index (χ2v) is 7.80. The van der Waals surface area contributed by atoms with Gasteiger partial charge in [0.2, 0.25) is 0 Å². The lowest BCUT2D eigenvalue weighted by atomic mass is 10.0. The van der Waals surface area contributed by atoms with Crippen molar-refractivity contribution in [2.24, 2.45) is 0 Å². The van der Waals surface area contributed by atoms with Crippen LogP contribution in [0.2, 0.25) is 5.02 Å². The minimum Gasteiger partial charge on any atom is -0.480 e. The zero-order chi connectivity index (χ0) is 22.8. The van der Waals surface area contributed by atoms with E-state index in [1.165, 1.54) is 0 Å². The summed E-state index contributed by atoms with van der Waals surface area (Å²) in [6.45, 7) is 0.167. The Labute approximate surface area is 187 Å². The Hall–Kier alpha value is -3.45. The van der Waals surface area contributed by atoms with E-state index in [4.69, 9.17) is 16.3 Å². The molecule has 0 bridgehead atoms. The molecule has 1 fully saturated rings. The van der Waals surface area contributed by atoms with E-state index in [0.29, 0.717) is 17.0 Å². The van der Waals surface area contributed by atoms with Gasteiger partial charge in [-0.1, -0.05) is 41.9 Å². The average Bonchev–Trinajstić information content (AvgIpc) is 3.28. The van der Waals surface area contributed by atoms with Crippen LogP contribution in [0.1, 0.15) is 23.2 Å². The van der Waals surface area contributed by atoms with Crippen LogP contribution < -0.4 is 4.74 Å². The van der Waals surface area contributed by atoms with Crippen molar-refractivity contribution in [3.8, 4) is 22.6 Å². The fraction of sp³-hybridized carbons (Fsp3) is 0.167. The zero-order valence-electron chi connectivity index (χ0n) is 16.7. The molecule has 1 aliphatic rings. The third-order valence-electron chi connectivity index (χ3n) is 5.30. The van der Waals surface area contributed by atoms with E-state index in [1.54, 1.807) is 18.2 Å². The Kier molecular flexibility index (Phi) is 6.10. The first-order valence-corrected chi connectivity index (χ1v) is 10.3. The number of benzene rings is 3. The third kappa shape index (κ3) is 4.29. The van der Waals surface area contributed by atoms with Gasteiger partial charge in [-0.25, -0.2) is 13.6 Å². The minimum atomic E-state index is -1.17. The van der Waals surface area contributed by atoms with Gasteiger partial charge in [-0.05, 0) is 42.7 Å². The maximum atomic E-state index is 14.8. The maximum Gasteiger partial charge on any atom is 0.326 e. The number of carbonyl (C=O) groups excluding carboxylic acids is 1. The lowest BCUT2D eigenvalue weighted by Crippen LogP contribution is -2.40. The highest BCUT2D eigenvalue weighted by Gasteiger charge is 2.35. The number of hydrogen-bond acceptors (Lipinski definition) is 3. The highest BCUT2D eigenvalue weighted by Crippen LogP contribution is 2.37. The lowest BCUT2D eigenvalue weighted by Gasteiger charge is -2.22. The molecule has 0 radical (unpaired) electrons. The van der Waals surface area contributed by atoms with E-state index in [1.807, 2.05) is 30.3 Å². The molecular formula is C24H18ClF2NO4. The number of aliphatic carboxylic acids is 1. The van der Waals surface area contributed by atoms with Crippen LogP contribution in [0.3, 0.4) is 0 Å². The molecule has 0 saturated carbocycles. The quantitative estimate of drug-likeness (QED) is 0.528. The number of amides is 1. The Morgan fingerprint density at radius 2 is 1.75 bits per heavy atom. The van der Waals surface area contributed by atoms with Crippen molar-refractivity contribution >= 4 is 23.5 Å². The fourth-order valence-electron chi connectivity index (χ4n) is 3.74. The summed E-state index contributed by atoms with van der Waals surface area (Å²) in [5, 5.41) is 9.71. The van der Waals surface area contributed by atoms with Crippen LogP contribution in [0.25, 0.3) is 11.1 Å². The molecule has 0 aliphatic carbocycles. The normalized spacial score (nSPS) is 15.6. The smallest absolute Gasteiger partial charge is 0.326 e. The molecular weight excluding hydrogens is 440 g/mol. The molecule has 32 heavy (non-hydrogen) atoms. The van der Waals surface area contributed by atoms with Crippen LogP contribution in [-0.4, -0.2) is 34.5 Å². The van der Waals surface area contributed by atoms with E-state index in [-0.39, 0.29) is 18.7 Å². The SMILES string of the molecule is O=C(O)C1CCCN1C(=O)c1cc(F)c(Oc2ccc(Cl)cc2-c2ccccc2)cc1F. The van der Waals surface area contributed by atoms with Crippen molar-refractivity contribution < 1.29 is 28.2 Å². The Balaban J connectivity index is 1.66. The van der Waals surface area contributed by atoms with Gasteiger partial charge in [0.05, 0.1) is 5.56 Å². The fourth-order valence-corrected chi connectivity index (χ4v) is 3.92. The molecule has 8 heteroatoms. The molecule has 5 nitrogen and oxygen atoms in total. The molecule has 1 atom stereocenters. The van der Waals surface area contributed by atoms with Gasteiger partial charge in [0.15, 0.2) is 11.6 Å². The standard InChI is InChI=1S/C24H18ClF2NO4/c25-15-8-9-21(16(11-15)14-5-2-1-3-6-14)32-22-13-18(26)17(12-19(22)27)23(29)28-10-4-7-20(28)24(30)31/h1-3,5-6,8-9,11-13,20H,4,7,10H2,(H,30,31). The molecule has 3 aromatic rings. The van der Waals surface area contributed by atoms with Crippen molar-refractivity contribution in [2.75, 3.05) is 6.54 Å². The molecule has 1 unspecified atom stereocenters. The summed E-state index contributed by atoms with van der Waals surface area (Å²) in [5.74, 6) is -4.15. The molecule has 1 heterocycles. The Morgan fingerprint density at radius 1 is 1.00 bits per heavy atom. The lowest BCUT2D eigenvalue weighted by molar-refractivity contribution is -0.141. The molecule has 1 amide bonds. The molecule has 1 aliphatic heterocycles. The van der Waals surface area contributed by atoms with Crippen molar-refractivity contribution in [1.82, 2.24) is 4.90 Å². The second kappa shape index (κ2) is 8.96. The summed E-state index contributed by atoms with van der Waals surface area (Å²) in [5.41, 5.74) is 0.813. The molecule has 0 aromatic heterocycles.